The van der Waals surface area contributed by atoms with E-state index in [1.165, 1.54) is 0 Å². The Kier molecular flexibility index (Phi) is 5.35. The van der Waals surface area contributed by atoms with Crippen molar-refractivity contribution in [3.8, 4) is 11.1 Å². The molecule has 0 unspecified atom stereocenters. The summed E-state index contributed by atoms with van der Waals surface area (Å²) in [5, 5.41) is 7.22. The Hall–Kier alpha value is -3.18. The summed E-state index contributed by atoms with van der Waals surface area (Å²) in [7, 11) is 0. The number of para-hydroxylation sites is 1. The largest absolute Gasteiger partial charge is 0.321 e. The van der Waals surface area contributed by atoms with Crippen LogP contribution in [0.25, 0.3) is 11.1 Å². The minimum atomic E-state index is -0.136. The molecule has 0 aliphatic carbocycles. The molecule has 28 heavy (non-hydrogen) atoms. The number of amides is 1. The Morgan fingerprint density at radius 3 is 2.43 bits per heavy atom. The molecule has 3 aromatic carbocycles. The third-order valence-corrected chi connectivity index (χ3v) is 5.15. The molecule has 0 fully saturated rings. The quantitative estimate of drug-likeness (QED) is 0.446. The molecular weight excluding hydrogens is 414 g/mol. The first-order valence-corrected chi connectivity index (χ1v) is 9.72. The van der Waals surface area contributed by atoms with Gasteiger partial charge in [0.15, 0.2) is 0 Å². The van der Waals surface area contributed by atoms with Crippen molar-refractivity contribution in [3.05, 3.63) is 107 Å². The zero-order valence-electron chi connectivity index (χ0n) is 15.0. The zero-order chi connectivity index (χ0) is 19.3. The van der Waals surface area contributed by atoms with Crippen LogP contribution in [0.15, 0.2) is 95.7 Å². The zero-order valence-corrected chi connectivity index (χ0v) is 16.6. The van der Waals surface area contributed by atoms with Crippen LogP contribution in [0.4, 0.5) is 5.69 Å². The Labute approximate surface area is 172 Å². The smallest absolute Gasteiger partial charge is 0.256 e. The monoisotopic (exact) mass is 431 g/mol. The van der Waals surface area contributed by atoms with Crippen molar-refractivity contribution in [2.75, 3.05) is 5.32 Å². The van der Waals surface area contributed by atoms with E-state index in [1.54, 1.807) is 6.20 Å². The number of hydrogen-bond acceptors (Lipinski definition) is 2. The topological polar surface area (TPSA) is 46.9 Å². The van der Waals surface area contributed by atoms with Gasteiger partial charge in [-0.1, -0.05) is 54.6 Å². The van der Waals surface area contributed by atoms with Crippen molar-refractivity contribution in [2.24, 2.45) is 0 Å². The van der Waals surface area contributed by atoms with E-state index in [2.05, 4.69) is 38.5 Å². The van der Waals surface area contributed by atoms with Gasteiger partial charge in [0.25, 0.3) is 5.91 Å². The molecule has 1 aromatic heterocycles. The summed E-state index contributed by atoms with van der Waals surface area (Å²) in [6, 6.07) is 25.4. The third-order valence-electron chi connectivity index (χ3n) is 4.46. The normalized spacial score (nSPS) is 10.6. The Morgan fingerprint density at radius 1 is 0.929 bits per heavy atom. The van der Waals surface area contributed by atoms with E-state index in [9.17, 15) is 4.79 Å². The van der Waals surface area contributed by atoms with Crippen LogP contribution >= 0.6 is 15.9 Å². The molecule has 0 spiro atoms. The van der Waals surface area contributed by atoms with Crippen LogP contribution in [0, 0.1) is 0 Å². The summed E-state index contributed by atoms with van der Waals surface area (Å²) >= 11 is 3.47. The number of rotatable bonds is 5. The SMILES string of the molecule is O=C(Nc1ccccc1Br)c1ccccc1-c1ccc(Cn2cccn2)cc1. The molecule has 0 saturated heterocycles. The molecule has 1 N–H and O–H groups in total. The number of nitrogens with one attached hydrogen (secondary N) is 1. The maximum Gasteiger partial charge on any atom is 0.256 e. The van der Waals surface area contributed by atoms with E-state index in [0.29, 0.717) is 5.56 Å². The van der Waals surface area contributed by atoms with Crippen molar-refractivity contribution in [2.45, 2.75) is 6.54 Å². The van der Waals surface area contributed by atoms with Gasteiger partial charge in [0.05, 0.1) is 12.2 Å². The first-order valence-electron chi connectivity index (χ1n) is 8.92. The van der Waals surface area contributed by atoms with Crippen molar-refractivity contribution >= 4 is 27.5 Å². The van der Waals surface area contributed by atoms with E-state index < -0.39 is 0 Å². The number of halogens is 1. The van der Waals surface area contributed by atoms with Gasteiger partial charge in [0.1, 0.15) is 0 Å². The molecule has 0 aliphatic rings. The van der Waals surface area contributed by atoms with Gasteiger partial charge >= 0.3 is 0 Å². The van der Waals surface area contributed by atoms with Crippen molar-refractivity contribution in [1.29, 1.82) is 0 Å². The van der Waals surface area contributed by atoms with Crippen LogP contribution in [-0.4, -0.2) is 15.7 Å². The van der Waals surface area contributed by atoms with Crippen LogP contribution in [0.5, 0.6) is 0 Å². The lowest BCUT2D eigenvalue weighted by Crippen LogP contribution is -2.13. The molecule has 0 aliphatic heterocycles. The summed E-state index contributed by atoms with van der Waals surface area (Å²) in [6.45, 7) is 0.720. The highest BCUT2D eigenvalue weighted by Crippen LogP contribution is 2.27. The first-order chi connectivity index (χ1) is 13.7. The molecular formula is C23H18BrN3O. The number of anilines is 1. The highest BCUT2D eigenvalue weighted by atomic mass is 79.9. The number of carbonyl (C=O) groups is 1. The fourth-order valence-electron chi connectivity index (χ4n) is 3.06. The van der Waals surface area contributed by atoms with Gasteiger partial charge in [-0.05, 0) is 56.9 Å². The molecule has 0 radical (unpaired) electrons. The molecule has 4 rings (SSSR count). The second-order valence-corrected chi connectivity index (χ2v) is 7.23. The summed E-state index contributed by atoms with van der Waals surface area (Å²) in [6.07, 6.45) is 3.71. The maximum absolute atomic E-state index is 12.9. The lowest BCUT2D eigenvalue weighted by Gasteiger charge is -2.12. The van der Waals surface area contributed by atoms with Gasteiger partial charge in [-0.15, -0.1) is 0 Å². The number of nitrogens with zero attached hydrogens (tertiary/aromatic N) is 2. The average molecular weight is 432 g/mol. The molecule has 1 heterocycles. The summed E-state index contributed by atoms with van der Waals surface area (Å²) < 4.78 is 2.73. The fraction of sp³-hybridized carbons (Fsp3) is 0.0435. The number of benzene rings is 3. The number of aromatic nitrogens is 2. The summed E-state index contributed by atoms with van der Waals surface area (Å²) in [5.41, 5.74) is 4.44. The lowest BCUT2D eigenvalue weighted by atomic mass is 9.98. The minimum Gasteiger partial charge on any atom is -0.321 e. The molecule has 0 bridgehead atoms. The second kappa shape index (κ2) is 8.23. The van der Waals surface area contributed by atoms with Crippen molar-refractivity contribution < 1.29 is 4.79 Å². The fourth-order valence-corrected chi connectivity index (χ4v) is 3.44. The van der Waals surface area contributed by atoms with E-state index in [4.69, 9.17) is 0 Å². The first kappa shape index (κ1) is 18.2. The maximum atomic E-state index is 12.9. The lowest BCUT2D eigenvalue weighted by molar-refractivity contribution is 0.102. The van der Waals surface area contributed by atoms with Crippen LogP contribution in [-0.2, 0) is 6.54 Å². The van der Waals surface area contributed by atoms with Gasteiger partial charge in [-0.2, -0.15) is 5.10 Å². The van der Waals surface area contributed by atoms with Crippen molar-refractivity contribution in [1.82, 2.24) is 9.78 Å². The van der Waals surface area contributed by atoms with Crippen LogP contribution in [0.2, 0.25) is 0 Å². The minimum absolute atomic E-state index is 0.136. The van der Waals surface area contributed by atoms with Crippen LogP contribution < -0.4 is 5.32 Å². The van der Waals surface area contributed by atoms with E-state index in [1.807, 2.05) is 77.6 Å². The van der Waals surface area contributed by atoms with Crippen LogP contribution in [0.1, 0.15) is 15.9 Å². The Morgan fingerprint density at radius 2 is 1.68 bits per heavy atom. The summed E-state index contributed by atoms with van der Waals surface area (Å²) in [5.74, 6) is -0.136. The predicted molar refractivity (Wildman–Crippen MR) is 115 cm³/mol. The standard InChI is InChI=1S/C23H18BrN3O/c24-21-8-3-4-9-22(21)26-23(28)20-7-2-1-6-19(20)18-12-10-17(11-13-18)16-27-15-5-14-25-27/h1-15H,16H2,(H,26,28). The average Bonchev–Trinajstić information content (AvgIpc) is 3.23. The van der Waals surface area contributed by atoms with Gasteiger partial charge in [0.2, 0.25) is 0 Å². The highest BCUT2D eigenvalue weighted by Gasteiger charge is 2.13. The van der Waals surface area contributed by atoms with Crippen molar-refractivity contribution in [3.63, 3.8) is 0 Å². The Bertz CT molecular complexity index is 1090. The van der Waals surface area contributed by atoms with Gasteiger partial charge in [0, 0.05) is 22.4 Å². The second-order valence-electron chi connectivity index (χ2n) is 6.38. The van der Waals surface area contributed by atoms with Gasteiger partial charge < -0.3 is 5.32 Å². The molecule has 0 atom stereocenters. The highest BCUT2D eigenvalue weighted by molar-refractivity contribution is 9.10. The predicted octanol–water partition coefficient (Wildman–Crippen LogP) is 5.61. The van der Waals surface area contributed by atoms with E-state index >= 15 is 0 Å². The molecule has 4 aromatic rings. The molecule has 5 heteroatoms. The number of carbonyl (C=O) groups excluding carboxylic acids is 1. The number of hydrogen-bond donors (Lipinski definition) is 1. The molecule has 138 valence electrons. The third kappa shape index (κ3) is 4.05. The van der Waals surface area contributed by atoms with E-state index in [0.717, 1.165) is 33.4 Å². The van der Waals surface area contributed by atoms with Gasteiger partial charge in [-0.3, -0.25) is 9.48 Å². The van der Waals surface area contributed by atoms with Crippen LogP contribution in [0.3, 0.4) is 0 Å². The van der Waals surface area contributed by atoms with E-state index in [-0.39, 0.29) is 5.91 Å². The Balaban J connectivity index is 1.59. The molecule has 1 amide bonds. The molecule has 4 nitrogen and oxygen atoms in total. The molecule has 0 saturated carbocycles. The van der Waals surface area contributed by atoms with Gasteiger partial charge in [-0.25, -0.2) is 0 Å². The summed E-state index contributed by atoms with van der Waals surface area (Å²) in [4.78, 5) is 12.9.